The van der Waals surface area contributed by atoms with E-state index >= 15 is 0 Å². The van der Waals surface area contributed by atoms with E-state index < -0.39 is 5.60 Å². The Kier molecular flexibility index (Phi) is 7.63. The molecule has 0 radical (unpaired) electrons. The molecule has 0 aliphatic rings. The number of ether oxygens (including phenoxy) is 1. The fourth-order valence-corrected chi connectivity index (χ4v) is 3.81. The summed E-state index contributed by atoms with van der Waals surface area (Å²) < 4.78 is 5.52. The molecule has 27 heavy (non-hydrogen) atoms. The average Bonchev–Trinajstić information content (AvgIpc) is 2.42. The van der Waals surface area contributed by atoms with E-state index in [0.29, 0.717) is 10.7 Å². The van der Waals surface area contributed by atoms with E-state index in [-0.39, 0.29) is 17.0 Å². The summed E-state index contributed by atoms with van der Waals surface area (Å²) in [5, 5.41) is 0.685. The maximum atomic E-state index is 12.4. The molecule has 1 rings (SSSR count). The number of amides is 1. The van der Waals surface area contributed by atoms with Gasteiger partial charge in [0.2, 0.25) is 0 Å². The molecule has 0 unspecified atom stereocenters. The largest absolute Gasteiger partial charge is 0.444 e. The van der Waals surface area contributed by atoms with Crippen LogP contribution in [0, 0.1) is 5.41 Å². The van der Waals surface area contributed by atoms with Crippen LogP contribution in [0.1, 0.15) is 73.3 Å². The van der Waals surface area contributed by atoms with Crippen LogP contribution in [0.5, 0.6) is 0 Å². The van der Waals surface area contributed by atoms with E-state index in [0.717, 1.165) is 25.7 Å². The molecule has 0 bridgehead atoms. The maximum absolute atomic E-state index is 12.4. The highest BCUT2D eigenvalue weighted by atomic mass is 35.5. The fraction of sp³-hybridized carbons (Fsp3) is 0.682. The molecule has 1 amide bonds. The topological polar surface area (TPSA) is 55.6 Å². The zero-order valence-corrected chi connectivity index (χ0v) is 19.0. The number of aryl methyl sites for hydroxylation is 1. The van der Waals surface area contributed by atoms with E-state index in [9.17, 15) is 4.79 Å². The number of hydrogen-bond acceptors (Lipinski definition) is 3. The van der Waals surface area contributed by atoms with Gasteiger partial charge in [-0.25, -0.2) is 4.79 Å². The Bertz CT molecular complexity index is 628. The molecule has 154 valence electrons. The molecular weight excluding hydrogens is 360 g/mol. The van der Waals surface area contributed by atoms with Crippen LogP contribution < -0.4 is 5.73 Å². The number of rotatable bonds is 7. The Labute approximate surface area is 170 Å². The SMILES string of the molecule is CN(C(=O)OC(C)(C)C)C(C)(C)CC(C)(C)CCCc1cc(N)cc(Cl)c1. The van der Waals surface area contributed by atoms with Gasteiger partial charge in [0.25, 0.3) is 0 Å². The van der Waals surface area contributed by atoms with E-state index in [1.807, 2.05) is 40.0 Å². The van der Waals surface area contributed by atoms with Crippen molar-refractivity contribution < 1.29 is 9.53 Å². The van der Waals surface area contributed by atoms with Crippen molar-refractivity contribution in [2.75, 3.05) is 12.8 Å². The molecule has 0 atom stereocenters. The van der Waals surface area contributed by atoms with Gasteiger partial charge in [-0.1, -0.05) is 25.4 Å². The lowest BCUT2D eigenvalue weighted by atomic mass is 9.76. The zero-order chi connectivity index (χ0) is 21.0. The molecule has 2 N–H and O–H groups in total. The first kappa shape index (κ1) is 23.6. The van der Waals surface area contributed by atoms with Crippen molar-refractivity contribution >= 4 is 23.4 Å². The summed E-state index contributed by atoms with van der Waals surface area (Å²) in [7, 11) is 1.82. The normalized spacial score (nSPS) is 12.8. The lowest BCUT2D eigenvalue weighted by Crippen LogP contribution is -2.49. The van der Waals surface area contributed by atoms with Gasteiger partial charge < -0.3 is 15.4 Å². The van der Waals surface area contributed by atoms with Gasteiger partial charge >= 0.3 is 6.09 Å². The molecule has 1 aromatic rings. The molecule has 5 heteroatoms. The maximum Gasteiger partial charge on any atom is 0.410 e. The van der Waals surface area contributed by atoms with Gasteiger partial charge in [-0.2, -0.15) is 0 Å². The molecule has 4 nitrogen and oxygen atoms in total. The molecule has 0 aliphatic heterocycles. The minimum Gasteiger partial charge on any atom is -0.444 e. The molecule has 0 fully saturated rings. The van der Waals surface area contributed by atoms with Gasteiger partial charge in [0, 0.05) is 23.3 Å². The van der Waals surface area contributed by atoms with Crippen molar-refractivity contribution in [1.29, 1.82) is 0 Å². The summed E-state index contributed by atoms with van der Waals surface area (Å²) in [4.78, 5) is 14.2. The third kappa shape index (κ3) is 8.42. The van der Waals surface area contributed by atoms with Gasteiger partial charge in [0.15, 0.2) is 0 Å². The fourth-order valence-electron chi connectivity index (χ4n) is 3.55. The molecule has 1 aromatic carbocycles. The highest BCUT2D eigenvalue weighted by molar-refractivity contribution is 6.30. The van der Waals surface area contributed by atoms with Crippen LogP contribution in [0.3, 0.4) is 0 Å². The second kappa shape index (κ2) is 8.72. The van der Waals surface area contributed by atoms with Crippen molar-refractivity contribution in [2.24, 2.45) is 5.41 Å². The minimum atomic E-state index is -0.490. The van der Waals surface area contributed by atoms with Crippen molar-refractivity contribution in [2.45, 2.75) is 85.3 Å². The van der Waals surface area contributed by atoms with Crippen LogP contribution >= 0.6 is 11.6 Å². The van der Waals surface area contributed by atoms with Crippen molar-refractivity contribution in [3.8, 4) is 0 Å². The molecular formula is C22H37ClN2O2. The van der Waals surface area contributed by atoms with Crippen LogP contribution in [0.4, 0.5) is 10.5 Å². The number of benzene rings is 1. The summed E-state index contributed by atoms with van der Waals surface area (Å²) in [5.41, 5.74) is 7.04. The Morgan fingerprint density at radius 2 is 1.70 bits per heavy atom. The Morgan fingerprint density at radius 1 is 1.11 bits per heavy atom. The first-order valence-electron chi connectivity index (χ1n) is 9.63. The van der Waals surface area contributed by atoms with E-state index in [4.69, 9.17) is 22.1 Å². The number of carbonyl (C=O) groups is 1. The number of nitrogens with zero attached hydrogens (tertiary/aromatic N) is 1. The van der Waals surface area contributed by atoms with Crippen LogP contribution in [0.25, 0.3) is 0 Å². The number of halogens is 1. The Morgan fingerprint density at radius 3 is 2.22 bits per heavy atom. The lowest BCUT2D eigenvalue weighted by Gasteiger charge is -2.41. The zero-order valence-electron chi connectivity index (χ0n) is 18.3. The summed E-state index contributed by atoms with van der Waals surface area (Å²) in [6, 6.07) is 5.73. The summed E-state index contributed by atoms with van der Waals surface area (Å²) in [6.07, 6.45) is 3.63. The predicted molar refractivity (Wildman–Crippen MR) is 115 cm³/mol. The Hall–Kier alpha value is -1.42. The molecule has 0 heterocycles. The third-order valence-corrected chi connectivity index (χ3v) is 5.00. The van der Waals surface area contributed by atoms with Crippen molar-refractivity contribution in [3.63, 3.8) is 0 Å². The van der Waals surface area contributed by atoms with Crippen LogP contribution in [0.15, 0.2) is 18.2 Å². The number of nitrogen functional groups attached to an aromatic ring is 1. The van der Waals surface area contributed by atoms with Crippen molar-refractivity contribution in [1.82, 2.24) is 4.90 Å². The summed E-state index contributed by atoms with van der Waals surface area (Å²) >= 11 is 6.09. The van der Waals surface area contributed by atoms with Gasteiger partial charge in [0.05, 0.1) is 0 Å². The quantitative estimate of drug-likeness (QED) is 0.549. The second-order valence-electron chi connectivity index (χ2n) is 9.94. The lowest BCUT2D eigenvalue weighted by molar-refractivity contribution is 0.00287. The molecule has 0 saturated carbocycles. The van der Waals surface area contributed by atoms with Crippen molar-refractivity contribution in [3.05, 3.63) is 28.8 Å². The monoisotopic (exact) mass is 396 g/mol. The van der Waals surface area contributed by atoms with Gasteiger partial charge in [-0.3, -0.25) is 0 Å². The van der Waals surface area contributed by atoms with Crippen LogP contribution in [-0.4, -0.2) is 29.2 Å². The third-order valence-electron chi connectivity index (χ3n) is 4.79. The number of anilines is 1. The van der Waals surface area contributed by atoms with E-state index in [1.165, 1.54) is 5.56 Å². The van der Waals surface area contributed by atoms with Gasteiger partial charge in [-0.15, -0.1) is 0 Å². The van der Waals surface area contributed by atoms with Gasteiger partial charge in [-0.05, 0) is 89.5 Å². The minimum absolute atomic E-state index is 0.0872. The highest BCUT2D eigenvalue weighted by Crippen LogP contribution is 2.36. The first-order chi connectivity index (χ1) is 12.1. The van der Waals surface area contributed by atoms with Gasteiger partial charge in [0.1, 0.15) is 5.60 Å². The van der Waals surface area contributed by atoms with Crippen LogP contribution in [-0.2, 0) is 11.2 Å². The highest BCUT2D eigenvalue weighted by Gasteiger charge is 2.35. The van der Waals surface area contributed by atoms with E-state index in [1.54, 1.807) is 11.0 Å². The number of carbonyl (C=O) groups excluding carboxylic acids is 1. The standard InChI is InChI=1S/C22H37ClN2O2/c1-20(2,3)27-19(26)25(8)22(6,7)15-21(4,5)11-9-10-16-12-17(23)14-18(24)13-16/h12-14H,9-11,15,24H2,1-8H3. The Balaban J connectivity index is 2.64. The predicted octanol–water partition coefficient (Wildman–Crippen LogP) is 6.31. The van der Waals surface area contributed by atoms with Crippen LogP contribution in [0.2, 0.25) is 5.02 Å². The second-order valence-corrected chi connectivity index (χ2v) is 10.4. The smallest absolute Gasteiger partial charge is 0.410 e. The first-order valence-corrected chi connectivity index (χ1v) is 10.0. The molecule has 0 aromatic heterocycles. The average molecular weight is 397 g/mol. The summed E-state index contributed by atoms with van der Waals surface area (Å²) in [6.45, 7) is 14.4. The molecule has 0 aliphatic carbocycles. The molecule has 0 saturated heterocycles. The summed E-state index contributed by atoms with van der Waals surface area (Å²) in [5.74, 6) is 0. The number of hydrogen-bond donors (Lipinski definition) is 1. The molecule has 0 spiro atoms. The number of nitrogens with two attached hydrogens (primary N) is 1. The van der Waals surface area contributed by atoms with E-state index in [2.05, 4.69) is 27.7 Å².